The molecule has 0 radical (unpaired) electrons. The molecular formula is C28H35N5O4. The number of ether oxygens (including phenoxy) is 2. The van der Waals surface area contributed by atoms with Crippen molar-refractivity contribution >= 4 is 46.7 Å². The van der Waals surface area contributed by atoms with Gasteiger partial charge in [-0.3, -0.25) is 4.40 Å². The maximum Gasteiger partial charge on any atom is 0.410 e. The lowest BCUT2D eigenvalue weighted by atomic mass is 10.2. The zero-order chi connectivity index (χ0) is 26.7. The maximum atomic E-state index is 12.8. The number of rotatable bonds is 5. The predicted molar refractivity (Wildman–Crippen MR) is 146 cm³/mol. The summed E-state index contributed by atoms with van der Waals surface area (Å²) in [5, 5.41) is 0.795. The summed E-state index contributed by atoms with van der Waals surface area (Å²) in [4.78, 5) is 39.1. The molecule has 0 aromatic carbocycles. The second-order valence-electron chi connectivity index (χ2n) is 9.91. The molecule has 1 fully saturated rings. The van der Waals surface area contributed by atoms with E-state index in [1.54, 1.807) is 24.0 Å². The molecular weight excluding hydrogens is 470 g/mol. The fourth-order valence-electron chi connectivity index (χ4n) is 4.46. The third-order valence-corrected chi connectivity index (χ3v) is 6.07. The van der Waals surface area contributed by atoms with Gasteiger partial charge >= 0.3 is 12.1 Å². The summed E-state index contributed by atoms with van der Waals surface area (Å²) in [7, 11) is 0. The van der Waals surface area contributed by atoms with E-state index in [1.165, 1.54) is 0 Å². The van der Waals surface area contributed by atoms with E-state index in [0.717, 1.165) is 29.9 Å². The lowest BCUT2D eigenvalue weighted by Gasteiger charge is -2.26. The fraction of sp³-hybridized carbons (Fsp3) is 0.429. The molecule has 1 aliphatic heterocycles. The van der Waals surface area contributed by atoms with Crippen LogP contribution in [0.4, 0.5) is 10.6 Å². The minimum Gasteiger partial charge on any atom is -0.462 e. The Labute approximate surface area is 217 Å². The standard InChI is InChI=1S/C28H35N5O4/c1-7-11-22-21(8-2)29-25-20(26(34)36-9-3)18-19-12-13-23(30-24(19)33(22)25)31-14-10-15-32(17-16-31)27(35)37-28(4,5)6/h7-8,11-13,18H,2,9-10,14-17H2,1,3-6H3/b11-7-. The minimum absolute atomic E-state index is 0.270. The minimum atomic E-state index is -0.531. The topological polar surface area (TPSA) is 89.3 Å². The van der Waals surface area contributed by atoms with E-state index in [4.69, 9.17) is 19.4 Å². The molecule has 4 rings (SSSR count). The molecule has 0 saturated carbocycles. The van der Waals surface area contributed by atoms with Crippen LogP contribution in [-0.2, 0) is 9.47 Å². The Bertz CT molecular complexity index is 1370. The quantitative estimate of drug-likeness (QED) is 0.441. The van der Waals surface area contributed by atoms with E-state index >= 15 is 0 Å². The van der Waals surface area contributed by atoms with E-state index < -0.39 is 11.6 Å². The number of pyridine rings is 2. The summed E-state index contributed by atoms with van der Waals surface area (Å²) < 4.78 is 12.8. The van der Waals surface area contributed by atoms with Crippen molar-refractivity contribution in [3.63, 3.8) is 0 Å². The zero-order valence-corrected chi connectivity index (χ0v) is 22.3. The second-order valence-corrected chi connectivity index (χ2v) is 9.91. The molecule has 3 aromatic heterocycles. The van der Waals surface area contributed by atoms with E-state index in [9.17, 15) is 9.59 Å². The number of carbonyl (C=O) groups is 2. The van der Waals surface area contributed by atoms with Crippen LogP contribution >= 0.6 is 0 Å². The first-order chi connectivity index (χ1) is 17.7. The van der Waals surface area contributed by atoms with Crippen molar-refractivity contribution in [2.75, 3.05) is 37.7 Å². The number of nitrogens with zero attached hydrogens (tertiary/aromatic N) is 5. The zero-order valence-electron chi connectivity index (χ0n) is 22.3. The number of hydrogen-bond donors (Lipinski definition) is 0. The summed E-state index contributed by atoms with van der Waals surface area (Å²) >= 11 is 0. The number of hydrogen-bond acceptors (Lipinski definition) is 7. The van der Waals surface area contributed by atoms with Crippen LogP contribution in [0.5, 0.6) is 0 Å². The summed E-state index contributed by atoms with van der Waals surface area (Å²) in [6, 6.07) is 5.70. The maximum absolute atomic E-state index is 12.8. The number of carbonyl (C=O) groups excluding carboxylic acids is 2. The highest BCUT2D eigenvalue weighted by molar-refractivity contribution is 6.01. The lowest BCUT2D eigenvalue weighted by molar-refractivity contribution is 0.0263. The SMILES string of the molecule is C=Cc1nc2c(C(=O)OCC)cc3ccc(N4CCCN(C(=O)OC(C)(C)C)CC4)nc3n2c1/C=C\C. The van der Waals surface area contributed by atoms with Crippen molar-refractivity contribution in [3.05, 3.63) is 47.8 Å². The van der Waals surface area contributed by atoms with Gasteiger partial charge in [0.2, 0.25) is 0 Å². The Morgan fingerprint density at radius 1 is 1.11 bits per heavy atom. The molecule has 0 bridgehead atoms. The highest BCUT2D eigenvalue weighted by Gasteiger charge is 2.26. The first-order valence-electron chi connectivity index (χ1n) is 12.7. The molecule has 1 aliphatic rings. The molecule has 9 nitrogen and oxygen atoms in total. The number of fused-ring (bicyclic) bond motifs is 3. The van der Waals surface area contributed by atoms with Crippen LogP contribution in [0, 0.1) is 0 Å². The van der Waals surface area contributed by atoms with Crippen molar-refractivity contribution < 1.29 is 19.1 Å². The number of allylic oxidation sites excluding steroid dienone is 1. The van der Waals surface area contributed by atoms with Crippen molar-refractivity contribution in [1.29, 1.82) is 0 Å². The largest absolute Gasteiger partial charge is 0.462 e. The molecule has 0 spiro atoms. The molecule has 1 saturated heterocycles. The summed E-state index contributed by atoms with van der Waals surface area (Å²) in [6.07, 6.45) is 6.03. The first kappa shape index (κ1) is 26.2. The van der Waals surface area contributed by atoms with Gasteiger partial charge in [0.1, 0.15) is 22.6 Å². The van der Waals surface area contributed by atoms with Gasteiger partial charge in [-0.1, -0.05) is 12.7 Å². The van der Waals surface area contributed by atoms with Gasteiger partial charge in [-0.2, -0.15) is 0 Å². The molecule has 0 atom stereocenters. The Hall–Kier alpha value is -3.88. The van der Waals surface area contributed by atoms with Gasteiger partial charge in [-0.15, -0.1) is 0 Å². The Balaban J connectivity index is 1.76. The van der Waals surface area contributed by atoms with Crippen LogP contribution < -0.4 is 4.90 Å². The van der Waals surface area contributed by atoms with Gasteiger partial charge in [0.15, 0.2) is 5.65 Å². The van der Waals surface area contributed by atoms with Gasteiger partial charge in [-0.25, -0.2) is 19.6 Å². The Morgan fingerprint density at radius 3 is 2.57 bits per heavy atom. The molecule has 0 aliphatic carbocycles. The van der Waals surface area contributed by atoms with E-state index in [2.05, 4.69) is 11.5 Å². The highest BCUT2D eigenvalue weighted by Crippen LogP contribution is 2.28. The van der Waals surface area contributed by atoms with Crippen molar-refractivity contribution in [2.45, 2.75) is 46.6 Å². The van der Waals surface area contributed by atoms with Crippen molar-refractivity contribution in [1.82, 2.24) is 19.3 Å². The monoisotopic (exact) mass is 505 g/mol. The molecule has 0 unspecified atom stereocenters. The number of anilines is 1. The normalized spacial score (nSPS) is 14.8. The first-order valence-corrected chi connectivity index (χ1v) is 12.7. The van der Waals surface area contributed by atoms with Crippen LogP contribution in [-0.4, -0.2) is 69.7 Å². The fourth-order valence-corrected chi connectivity index (χ4v) is 4.46. The molecule has 9 heteroatoms. The van der Waals surface area contributed by atoms with Gasteiger partial charge in [-0.05, 0) is 71.4 Å². The molecule has 4 heterocycles. The van der Waals surface area contributed by atoms with Gasteiger partial charge in [0, 0.05) is 31.6 Å². The van der Waals surface area contributed by atoms with Gasteiger partial charge in [0.25, 0.3) is 0 Å². The van der Waals surface area contributed by atoms with E-state index in [0.29, 0.717) is 42.2 Å². The second kappa shape index (κ2) is 10.6. The van der Waals surface area contributed by atoms with Gasteiger partial charge in [0.05, 0.1) is 18.0 Å². The number of amides is 1. The van der Waals surface area contributed by atoms with Crippen LogP contribution in [0.3, 0.4) is 0 Å². The summed E-state index contributed by atoms with van der Waals surface area (Å²) in [5.41, 5.74) is 2.46. The van der Waals surface area contributed by atoms with E-state index in [1.807, 2.05) is 56.4 Å². The molecule has 37 heavy (non-hydrogen) atoms. The highest BCUT2D eigenvalue weighted by atomic mass is 16.6. The Kier molecular flexibility index (Phi) is 7.52. The average Bonchev–Trinajstić information content (AvgIpc) is 3.03. The van der Waals surface area contributed by atoms with Crippen LogP contribution in [0.2, 0.25) is 0 Å². The molecule has 3 aromatic rings. The molecule has 1 amide bonds. The van der Waals surface area contributed by atoms with Gasteiger partial charge < -0.3 is 19.3 Å². The Morgan fingerprint density at radius 2 is 1.89 bits per heavy atom. The molecule has 196 valence electrons. The third-order valence-electron chi connectivity index (χ3n) is 6.07. The predicted octanol–water partition coefficient (Wildman–Crippen LogP) is 5.18. The van der Waals surface area contributed by atoms with E-state index in [-0.39, 0.29) is 12.7 Å². The summed E-state index contributed by atoms with van der Waals surface area (Å²) in [6.45, 7) is 16.1. The van der Waals surface area contributed by atoms with Crippen molar-refractivity contribution in [2.24, 2.45) is 0 Å². The lowest BCUT2D eigenvalue weighted by Crippen LogP contribution is -2.39. The number of esters is 1. The summed E-state index contributed by atoms with van der Waals surface area (Å²) in [5.74, 6) is 0.366. The third kappa shape index (κ3) is 5.45. The number of imidazole rings is 1. The number of aromatic nitrogens is 3. The van der Waals surface area contributed by atoms with Crippen LogP contribution in [0.15, 0.2) is 30.9 Å². The van der Waals surface area contributed by atoms with Crippen molar-refractivity contribution in [3.8, 4) is 0 Å². The van der Waals surface area contributed by atoms with Crippen LogP contribution in [0.1, 0.15) is 62.8 Å². The van der Waals surface area contributed by atoms with Crippen LogP contribution in [0.25, 0.3) is 28.8 Å². The average molecular weight is 506 g/mol. The smallest absolute Gasteiger partial charge is 0.410 e. The molecule has 0 N–H and O–H groups in total.